The lowest BCUT2D eigenvalue weighted by molar-refractivity contribution is -0.156. The third-order valence-corrected chi connectivity index (χ3v) is 5.68. The van der Waals surface area contributed by atoms with Gasteiger partial charge in [0.05, 0.1) is 7.11 Å². The molecule has 2 rings (SSSR count). The zero-order chi connectivity index (χ0) is 27.4. The number of carbonyl (C=O) groups excluding carboxylic acids is 2. The van der Waals surface area contributed by atoms with Gasteiger partial charge in [-0.3, -0.25) is 0 Å². The van der Waals surface area contributed by atoms with Crippen molar-refractivity contribution in [3.05, 3.63) is 60.2 Å². The summed E-state index contributed by atoms with van der Waals surface area (Å²) in [5.74, 6) is 0.843. The second-order valence-electron chi connectivity index (χ2n) is 10.00. The Morgan fingerprint density at radius 2 is 1.57 bits per heavy atom. The summed E-state index contributed by atoms with van der Waals surface area (Å²) in [7, 11) is 3.29. The SMILES string of the molecule is COCC[C@H](Cc1ccc(OC)cc1)[C@@H](Oc1ccccc1)[C@H](C)OC(=O)[C@H](C)NC(=O)OC(C)(C)C. The first kappa shape index (κ1) is 30.0. The molecule has 4 atom stereocenters. The summed E-state index contributed by atoms with van der Waals surface area (Å²) in [4.78, 5) is 25.0. The van der Waals surface area contributed by atoms with Crippen molar-refractivity contribution in [2.24, 2.45) is 5.92 Å². The number of carbonyl (C=O) groups is 2. The summed E-state index contributed by atoms with van der Waals surface area (Å²) >= 11 is 0. The van der Waals surface area contributed by atoms with Crippen LogP contribution in [0, 0.1) is 5.92 Å². The number of nitrogens with one attached hydrogen (secondary N) is 1. The van der Waals surface area contributed by atoms with E-state index in [4.69, 9.17) is 23.7 Å². The van der Waals surface area contributed by atoms with Gasteiger partial charge in [0.15, 0.2) is 0 Å². The van der Waals surface area contributed by atoms with Gasteiger partial charge in [0.1, 0.15) is 35.3 Å². The molecule has 0 aliphatic carbocycles. The van der Waals surface area contributed by atoms with Gasteiger partial charge in [-0.2, -0.15) is 0 Å². The molecule has 0 saturated heterocycles. The summed E-state index contributed by atoms with van der Waals surface area (Å²) in [5, 5.41) is 2.54. The lowest BCUT2D eigenvalue weighted by Crippen LogP contribution is -2.46. The topological polar surface area (TPSA) is 92.3 Å². The van der Waals surface area contributed by atoms with E-state index in [0.717, 1.165) is 11.3 Å². The third-order valence-electron chi connectivity index (χ3n) is 5.68. The molecule has 0 fully saturated rings. The van der Waals surface area contributed by atoms with E-state index < -0.39 is 35.9 Å². The minimum Gasteiger partial charge on any atom is -0.497 e. The molecule has 0 aliphatic heterocycles. The van der Waals surface area contributed by atoms with Gasteiger partial charge in [0, 0.05) is 19.6 Å². The normalized spacial score (nSPS) is 14.6. The lowest BCUT2D eigenvalue weighted by Gasteiger charge is -2.33. The van der Waals surface area contributed by atoms with Gasteiger partial charge < -0.3 is 29.0 Å². The molecule has 0 spiro atoms. The predicted molar refractivity (Wildman–Crippen MR) is 142 cm³/mol. The van der Waals surface area contributed by atoms with Crippen LogP contribution in [0.5, 0.6) is 11.5 Å². The van der Waals surface area contributed by atoms with E-state index in [1.807, 2.05) is 54.6 Å². The van der Waals surface area contributed by atoms with Crippen molar-refractivity contribution in [2.75, 3.05) is 20.8 Å². The van der Waals surface area contributed by atoms with Crippen molar-refractivity contribution in [3.8, 4) is 11.5 Å². The molecule has 0 radical (unpaired) electrons. The average Bonchev–Trinajstić information content (AvgIpc) is 2.85. The minimum absolute atomic E-state index is 0.0366. The Kier molecular flexibility index (Phi) is 11.7. The molecule has 37 heavy (non-hydrogen) atoms. The second-order valence-corrected chi connectivity index (χ2v) is 10.00. The first-order valence-electron chi connectivity index (χ1n) is 12.6. The van der Waals surface area contributed by atoms with Crippen LogP contribution in [0.25, 0.3) is 0 Å². The van der Waals surface area contributed by atoms with Crippen molar-refractivity contribution in [3.63, 3.8) is 0 Å². The van der Waals surface area contributed by atoms with Gasteiger partial charge in [-0.15, -0.1) is 0 Å². The lowest BCUT2D eigenvalue weighted by atomic mass is 9.88. The summed E-state index contributed by atoms with van der Waals surface area (Å²) < 4.78 is 28.1. The van der Waals surface area contributed by atoms with Gasteiger partial charge in [0.25, 0.3) is 0 Å². The molecule has 2 aromatic carbocycles. The van der Waals surface area contributed by atoms with Crippen LogP contribution in [0.2, 0.25) is 0 Å². The van der Waals surface area contributed by atoms with Gasteiger partial charge in [-0.1, -0.05) is 30.3 Å². The Hall–Kier alpha value is -3.26. The maximum Gasteiger partial charge on any atom is 0.408 e. The van der Waals surface area contributed by atoms with Crippen molar-refractivity contribution in [1.82, 2.24) is 5.32 Å². The number of amides is 1. The van der Waals surface area contributed by atoms with Crippen LogP contribution in [0.1, 0.15) is 46.6 Å². The molecular weight excluding hydrogens is 474 g/mol. The third kappa shape index (κ3) is 10.7. The maximum atomic E-state index is 12.9. The Balaban J connectivity index is 2.22. The van der Waals surface area contributed by atoms with Crippen LogP contribution in [0.15, 0.2) is 54.6 Å². The van der Waals surface area contributed by atoms with Gasteiger partial charge >= 0.3 is 12.1 Å². The van der Waals surface area contributed by atoms with Crippen LogP contribution in [-0.2, 0) is 25.4 Å². The number of benzene rings is 2. The number of hydrogen-bond donors (Lipinski definition) is 1. The average molecular weight is 516 g/mol. The van der Waals surface area contributed by atoms with Crippen LogP contribution < -0.4 is 14.8 Å². The van der Waals surface area contributed by atoms with Crippen LogP contribution >= 0.6 is 0 Å². The predicted octanol–water partition coefficient (Wildman–Crippen LogP) is 5.18. The van der Waals surface area contributed by atoms with E-state index >= 15 is 0 Å². The van der Waals surface area contributed by atoms with E-state index in [1.54, 1.807) is 48.8 Å². The molecule has 0 aromatic heterocycles. The molecule has 0 unspecified atom stereocenters. The van der Waals surface area contributed by atoms with Gasteiger partial charge in [-0.25, -0.2) is 9.59 Å². The molecule has 0 heterocycles. The molecule has 2 aromatic rings. The zero-order valence-corrected chi connectivity index (χ0v) is 23.0. The molecule has 204 valence electrons. The Morgan fingerprint density at radius 1 is 0.919 bits per heavy atom. The maximum absolute atomic E-state index is 12.9. The highest BCUT2D eigenvalue weighted by atomic mass is 16.6. The number of ether oxygens (including phenoxy) is 5. The molecule has 8 nitrogen and oxygen atoms in total. The fourth-order valence-electron chi connectivity index (χ4n) is 3.84. The summed E-state index contributed by atoms with van der Waals surface area (Å²) in [6, 6.07) is 16.4. The van der Waals surface area contributed by atoms with E-state index in [-0.39, 0.29) is 5.92 Å². The summed E-state index contributed by atoms with van der Waals surface area (Å²) in [6.07, 6.45) is -0.404. The van der Waals surface area contributed by atoms with Crippen LogP contribution in [0.3, 0.4) is 0 Å². The molecule has 8 heteroatoms. The van der Waals surface area contributed by atoms with Crippen molar-refractivity contribution in [1.29, 1.82) is 0 Å². The quantitative estimate of drug-likeness (QED) is 0.367. The number of para-hydroxylation sites is 1. The highest BCUT2D eigenvalue weighted by Crippen LogP contribution is 2.26. The van der Waals surface area contributed by atoms with Crippen LogP contribution in [0.4, 0.5) is 4.79 Å². The molecule has 1 N–H and O–H groups in total. The monoisotopic (exact) mass is 515 g/mol. The number of hydrogen-bond acceptors (Lipinski definition) is 7. The fraction of sp³-hybridized carbons (Fsp3) is 0.517. The molecule has 0 saturated carbocycles. The van der Waals surface area contributed by atoms with E-state index in [9.17, 15) is 9.59 Å². The number of esters is 1. The van der Waals surface area contributed by atoms with Gasteiger partial charge in [0.2, 0.25) is 0 Å². The Bertz CT molecular complexity index is 956. The molecule has 0 bridgehead atoms. The largest absolute Gasteiger partial charge is 0.497 e. The number of alkyl carbamates (subject to hydrolysis) is 1. The van der Waals surface area contributed by atoms with Crippen molar-refractivity contribution in [2.45, 2.75) is 71.3 Å². The smallest absolute Gasteiger partial charge is 0.408 e. The molecule has 0 aliphatic rings. The highest BCUT2D eigenvalue weighted by molar-refractivity contribution is 5.81. The summed E-state index contributed by atoms with van der Waals surface area (Å²) in [6.45, 7) is 9.16. The first-order chi connectivity index (χ1) is 17.5. The highest BCUT2D eigenvalue weighted by Gasteiger charge is 2.33. The van der Waals surface area contributed by atoms with E-state index in [1.165, 1.54) is 0 Å². The van der Waals surface area contributed by atoms with E-state index in [2.05, 4.69) is 5.32 Å². The van der Waals surface area contributed by atoms with Crippen molar-refractivity contribution >= 4 is 12.1 Å². The standard InChI is InChI=1S/C29H41NO7/c1-20(30-28(32)37-29(3,4)5)27(31)35-21(2)26(36-25-11-9-8-10-12-25)23(17-18-33-6)19-22-13-15-24(34-7)16-14-22/h8-16,20-21,23,26H,17-19H2,1-7H3,(H,30,32)/t20-,21-,23+,26-/m0/s1. The second kappa shape index (κ2) is 14.5. The molecule has 1 amide bonds. The fourth-order valence-corrected chi connectivity index (χ4v) is 3.84. The summed E-state index contributed by atoms with van der Waals surface area (Å²) in [5.41, 5.74) is 0.424. The van der Waals surface area contributed by atoms with Crippen LogP contribution in [-0.4, -0.2) is 56.7 Å². The van der Waals surface area contributed by atoms with E-state index in [0.29, 0.717) is 25.2 Å². The first-order valence-corrected chi connectivity index (χ1v) is 12.6. The van der Waals surface area contributed by atoms with Gasteiger partial charge in [-0.05, 0) is 77.3 Å². The number of rotatable bonds is 13. The van der Waals surface area contributed by atoms with Crippen molar-refractivity contribution < 1.29 is 33.3 Å². The Morgan fingerprint density at radius 3 is 2.14 bits per heavy atom. The number of methoxy groups -OCH3 is 2. The minimum atomic E-state index is -0.895. The Labute approximate surface area is 220 Å². The molecular formula is C29H41NO7. The zero-order valence-electron chi connectivity index (χ0n) is 23.0.